The van der Waals surface area contributed by atoms with Gasteiger partial charge in [-0.25, -0.2) is 8.78 Å². The normalized spacial score (nSPS) is 11.5. The van der Waals surface area contributed by atoms with E-state index >= 15 is 0 Å². The van der Waals surface area contributed by atoms with Gasteiger partial charge in [-0.1, -0.05) is 35.7 Å². The predicted octanol–water partition coefficient (Wildman–Crippen LogP) is 3.14. The zero-order valence-electron chi connectivity index (χ0n) is 8.11. The van der Waals surface area contributed by atoms with Crippen LogP contribution in [0.1, 0.15) is 26.2 Å². The molecule has 0 heterocycles. The van der Waals surface area contributed by atoms with Crippen LogP contribution in [-0.4, -0.2) is 36.3 Å². The van der Waals surface area contributed by atoms with Gasteiger partial charge >= 0.3 is 0 Å². The molecule has 0 aliphatic heterocycles. The standard InChI is InChI=1S/C9H18BrF2N/c1-2-3-4-6-13(7-5-10)8-9(11)12/h9H,2-8H2,1H3. The number of rotatable bonds is 8. The van der Waals surface area contributed by atoms with Gasteiger partial charge in [0.1, 0.15) is 0 Å². The highest BCUT2D eigenvalue weighted by Crippen LogP contribution is 2.03. The molecule has 0 radical (unpaired) electrons. The molecule has 13 heavy (non-hydrogen) atoms. The molecule has 0 aromatic heterocycles. The number of halogens is 3. The second-order valence-corrected chi connectivity index (χ2v) is 3.88. The fourth-order valence-electron chi connectivity index (χ4n) is 1.19. The van der Waals surface area contributed by atoms with Gasteiger partial charge in [0.05, 0.1) is 6.54 Å². The molecule has 0 amide bonds. The maximum Gasteiger partial charge on any atom is 0.251 e. The molecule has 0 rings (SSSR count). The average Bonchev–Trinajstić information content (AvgIpc) is 2.04. The van der Waals surface area contributed by atoms with Crippen molar-refractivity contribution in [2.24, 2.45) is 0 Å². The largest absolute Gasteiger partial charge is 0.297 e. The van der Waals surface area contributed by atoms with Gasteiger partial charge in [0, 0.05) is 11.9 Å². The Morgan fingerprint density at radius 1 is 1.23 bits per heavy atom. The molecule has 0 saturated carbocycles. The van der Waals surface area contributed by atoms with Crippen molar-refractivity contribution in [1.29, 1.82) is 0 Å². The van der Waals surface area contributed by atoms with E-state index in [-0.39, 0.29) is 6.54 Å². The van der Waals surface area contributed by atoms with Crippen molar-refractivity contribution in [1.82, 2.24) is 4.90 Å². The Morgan fingerprint density at radius 3 is 2.38 bits per heavy atom. The number of hydrogen-bond donors (Lipinski definition) is 0. The first-order valence-corrected chi connectivity index (χ1v) is 5.89. The lowest BCUT2D eigenvalue weighted by Gasteiger charge is -2.20. The van der Waals surface area contributed by atoms with Crippen LogP contribution in [0.5, 0.6) is 0 Å². The minimum Gasteiger partial charge on any atom is -0.297 e. The van der Waals surface area contributed by atoms with Gasteiger partial charge < -0.3 is 0 Å². The van der Waals surface area contributed by atoms with Gasteiger partial charge in [0.25, 0.3) is 6.43 Å². The molecular weight excluding hydrogens is 240 g/mol. The molecule has 0 aliphatic carbocycles. The molecule has 0 fully saturated rings. The van der Waals surface area contributed by atoms with Gasteiger partial charge in [-0.15, -0.1) is 0 Å². The molecule has 1 nitrogen and oxygen atoms in total. The van der Waals surface area contributed by atoms with Crippen LogP contribution in [0.2, 0.25) is 0 Å². The first-order chi connectivity index (χ1) is 6.20. The molecule has 0 bridgehead atoms. The van der Waals surface area contributed by atoms with Crippen molar-refractivity contribution < 1.29 is 8.78 Å². The van der Waals surface area contributed by atoms with Gasteiger partial charge in [-0.05, 0) is 13.0 Å². The Balaban J connectivity index is 3.53. The summed E-state index contributed by atoms with van der Waals surface area (Å²) < 4.78 is 24.1. The van der Waals surface area contributed by atoms with Crippen molar-refractivity contribution in [3.8, 4) is 0 Å². The van der Waals surface area contributed by atoms with Gasteiger partial charge in [0.15, 0.2) is 0 Å². The molecule has 0 aliphatic rings. The van der Waals surface area contributed by atoms with E-state index < -0.39 is 6.43 Å². The summed E-state index contributed by atoms with van der Waals surface area (Å²) in [5.41, 5.74) is 0. The van der Waals surface area contributed by atoms with E-state index in [4.69, 9.17) is 0 Å². The highest BCUT2D eigenvalue weighted by Gasteiger charge is 2.10. The highest BCUT2D eigenvalue weighted by molar-refractivity contribution is 9.09. The summed E-state index contributed by atoms with van der Waals surface area (Å²) in [6.07, 6.45) is 1.08. The number of unbranched alkanes of at least 4 members (excludes halogenated alkanes) is 2. The van der Waals surface area contributed by atoms with Crippen LogP contribution in [0.25, 0.3) is 0 Å². The number of nitrogens with zero attached hydrogens (tertiary/aromatic N) is 1. The molecule has 80 valence electrons. The van der Waals surface area contributed by atoms with Crippen molar-refractivity contribution >= 4 is 15.9 Å². The van der Waals surface area contributed by atoms with E-state index in [1.165, 1.54) is 0 Å². The maximum absolute atomic E-state index is 12.1. The van der Waals surface area contributed by atoms with E-state index in [1.807, 2.05) is 4.90 Å². The van der Waals surface area contributed by atoms with Crippen LogP contribution in [-0.2, 0) is 0 Å². The quantitative estimate of drug-likeness (QED) is 0.477. The van der Waals surface area contributed by atoms with Gasteiger partial charge in [0.2, 0.25) is 0 Å². The van der Waals surface area contributed by atoms with Crippen LogP contribution in [0.3, 0.4) is 0 Å². The third-order valence-electron chi connectivity index (χ3n) is 1.87. The highest BCUT2D eigenvalue weighted by atomic mass is 79.9. The summed E-state index contributed by atoms with van der Waals surface area (Å²) in [4.78, 5) is 1.81. The minimum atomic E-state index is -2.21. The second kappa shape index (κ2) is 8.88. The SMILES string of the molecule is CCCCCN(CCBr)CC(F)F. The Morgan fingerprint density at radius 2 is 1.92 bits per heavy atom. The number of alkyl halides is 3. The first kappa shape index (κ1) is 13.3. The first-order valence-electron chi connectivity index (χ1n) is 4.77. The second-order valence-electron chi connectivity index (χ2n) is 3.09. The van der Waals surface area contributed by atoms with E-state index in [2.05, 4.69) is 22.9 Å². The molecule has 0 spiro atoms. The Hall–Kier alpha value is 0.300. The summed E-state index contributed by atoms with van der Waals surface area (Å²) in [5, 5.41) is 0.770. The van der Waals surface area contributed by atoms with Crippen LogP contribution in [0.4, 0.5) is 8.78 Å². The summed E-state index contributed by atoms with van der Waals surface area (Å²) in [5.74, 6) is 0. The van der Waals surface area contributed by atoms with E-state index in [0.29, 0.717) is 6.54 Å². The Bertz CT molecular complexity index is 112. The minimum absolute atomic E-state index is 0.0880. The molecular formula is C9H18BrF2N. The van der Waals surface area contributed by atoms with E-state index in [1.54, 1.807) is 0 Å². The molecule has 0 aromatic rings. The fourth-order valence-corrected chi connectivity index (χ4v) is 1.70. The van der Waals surface area contributed by atoms with Crippen molar-refractivity contribution in [2.45, 2.75) is 32.6 Å². The third-order valence-corrected chi connectivity index (χ3v) is 2.23. The topological polar surface area (TPSA) is 3.24 Å². The van der Waals surface area contributed by atoms with Crippen molar-refractivity contribution in [3.05, 3.63) is 0 Å². The molecule has 4 heteroatoms. The average molecular weight is 258 g/mol. The molecule has 0 N–H and O–H groups in total. The lowest BCUT2D eigenvalue weighted by Crippen LogP contribution is -2.31. The van der Waals surface area contributed by atoms with Crippen molar-refractivity contribution in [2.75, 3.05) is 25.0 Å². The van der Waals surface area contributed by atoms with E-state index in [9.17, 15) is 8.78 Å². The summed E-state index contributed by atoms with van der Waals surface area (Å²) in [7, 11) is 0. The van der Waals surface area contributed by atoms with Crippen molar-refractivity contribution in [3.63, 3.8) is 0 Å². The maximum atomic E-state index is 12.1. The predicted molar refractivity (Wildman–Crippen MR) is 55.8 cm³/mol. The van der Waals surface area contributed by atoms with Crippen LogP contribution < -0.4 is 0 Å². The summed E-state index contributed by atoms with van der Waals surface area (Å²) in [6.45, 7) is 3.54. The molecule has 0 atom stereocenters. The van der Waals surface area contributed by atoms with Crippen LogP contribution in [0, 0.1) is 0 Å². The Kier molecular flexibility index (Phi) is 9.08. The monoisotopic (exact) mass is 257 g/mol. The molecule has 0 aromatic carbocycles. The fraction of sp³-hybridized carbons (Fsp3) is 1.00. The van der Waals surface area contributed by atoms with Gasteiger partial charge in [-0.2, -0.15) is 0 Å². The molecule has 0 unspecified atom stereocenters. The Labute approximate surface area is 87.6 Å². The number of hydrogen-bond acceptors (Lipinski definition) is 1. The summed E-state index contributed by atoms with van der Waals surface area (Å²) >= 11 is 3.26. The van der Waals surface area contributed by atoms with Gasteiger partial charge in [-0.3, -0.25) is 4.90 Å². The molecule has 0 saturated heterocycles. The smallest absolute Gasteiger partial charge is 0.251 e. The lowest BCUT2D eigenvalue weighted by atomic mass is 10.2. The third kappa shape index (κ3) is 8.63. The summed E-state index contributed by atoms with van der Waals surface area (Å²) in [6, 6.07) is 0. The van der Waals surface area contributed by atoms with E-state index in [0.717, 1.165) is 31.1 Å². The zero-order valence-corrected chi connectivity index (χ0v) is 9.69. The van der Waals surface area contributed by atoms with Crippen LogP contribution >= 0.6 is 15.9 Å². The van der Waals surface area contributed by atoms with Crippen LogP contribution in [0.15, 0.2) is 0 Å². The lowest BCUT2D eigenvalue weighted by molar-refractivity contribution is 0.0906. The zero-order chi connectivity index (χ0) is 10.1.